The van der Waals surface area contributed by atoms with Crippen LogP contribution in [-0.4, -0.2) is 37.0 Å². The first-order chi connectivity index (χ1) is 13.4. The van der Waals surface area contributed by atoms with Crippen LogP contribution in [0.3, 0.4) is 0 Å². The van der Waals surface area contributed by atoms with Crippen LogP contribution in [0.1, 0.15) is 17.3 Å². The lowest BCUT2D eigenvalue weighted by atomic mass is 10.0. The van der Waals surface area contributed by atoms with Crippen LogP contribution < -0.4 is 10.2 Å². The van der Waals surface area contributed by atoms with Crippen LogP contribution in [0.25, 0.3) is 0 Å². The van der Waals surface area contributed by atoms with Crippen LogP contribution in [0.4, 0.5) is 5.69 Å². The van der Waals surface area contributed by atoms with E-state index in [0.29, 0.717) is 10.7 Å². The van der Waals surface area contributed by atoms with Gasteiger partial charge in [-0.25, -0.2) is 0 Å². The second-order valence-electron chi connectivity index (χ2n) is 6.22. The van der Waals surface area contributed by atoms with E-state index in [0.717, 1.165) is 0 Å². The first-order valence-corrected chi connectivity index (χ1v) is 9.47. The number of nitrogens with one attached hydrogen (secondary N) is 1. The smallest absolute Gasteiger partial charge is 0.313 e. The monoisotopic (exact) mass is 420 g/mol. The van der Waals surface area contributed by atoms with Crippen molar-refractivity contribution in [3.05, 3.63) is 64.1 Å². The molecule has 0 spiro atoms. The topological polar surface area (TPSA) is 75.7 Å². The predicted octanol–water partition coefficient (Wildman–Crippen LogP) is 3.32. The van der Waals surface area contributed by atoms with E-state index in [9.17, 15) is 14.4 Å². The normalized spacial score (nSPS) is 18.8. The summed E-state index contributed by atoms with van der Waals surface area (Å²) in [5.74, 6) is -2.26. The minimum atomic E-state index is -1.04. The number of hydrogen-bond donors (Lipinski definition) is 1. The van der Waals surface area contributed by atoms with E-state index >= 15 is 0 Å². The highest BCUT2D eigenvalue weighted by Gasteiger charge is 2.46. The zero-order valence-corrected chi connectivity index (χ0v) is 16.5. The molecule has 6 nitrogen and oxygen atoms in total. The van der Waals surface area contributed by atoms with Crippen LogP contribution in [0, 0.1) is 5.92 Å². The van der Waals surface area contributed by atoms with Crippen LogP contribution in [0.15, 0.2) is 48.5 Å². The third-order valence-electron chi connectivity index (χ3n) is 4.44. The largest absolute Gasteiger partial charge is 0.466 e. The Bertz CT molecular complexity index is 904. The van der Waals surface area contributed by atoms with Gasteiger partial charge in [0.1, 0.15) is 12.0 Å². The molecule has 2 atom stereocenters. The van der Waals surface area contributed by atoms with Crippen LogP contribution in [0.2, 0.25) is 10.0 Å². The highest BCUT2D eigenvalue weighted by Crippen LogP contribution is 2.27. The molecule has 0 bridgehead atoms. The first-order valence-electron chi connectivity index (χ1n) is 8.71. The number of hydrogen-bond acceptors (Lipinski definition) is 4. The fourth-order valence-corrected chi connectivity index (χ4v) is 3.35. The molecule has 1 aliphatic rings. The Morgan fingerprint density at radius 1 is 1.14 bits per heavy atom. The molecule has 0 aliphatic carbocycles. The second kappa shape index (κ2) is 8.63. The maximum absolute atomic E-state index is 13.0. The second-order valence-corrected chi connectivity index (χ2v) is 7.04. The summed E-state index contributed by atoms with van der Waals surface area (Å²) < 4.78 is 5.10. The van der Waals surface area contributed by atoms with Crippen LogP contribution in [0.5, 0.6) is 0 Å². The number of carbonyl (C=O) groups excluding carboxylic acids is 3. The Balaban J connectivity index is 1.86. The van der Waals surface area contributed by atoms with E-state index in [1.807, 2.05) is 6.07 Å². The Morgan fingerprint density at radius 2 is 1.86 bits per heavy atom. The first kappa shape index (κ1) is 20.2. The zero-order valence-electron chi connectivity index (χ0n) is 15.0. The number of carbonyl (C=O) groups is 3. The minimum absolute atomic E-state index is 0.119. The number of esters is 1. The van der Waals surface area contributed by atoms with Crippen molar-refractivity contribution in [3.63, 3.8) is 0 Å². The third kappa shape index (κ3) is 4.13. The minimum Gasteiger partial charge on any atom is -0.466 e. The molecule has 0 aromatic heterocycles. The van der Waals surface area contributed by atoms with Gasteiger partial charge in [-0.15, -0.1) is 0 Å². The molecule has 0 unspecified atom stereocenters. The van der Waals surface area contributed by atoms with E-state index < -0.39 is 23.8 Å². The molecule has 28 heavy (non-hydrogen) atoms. The van der Waals surface area contributed by atoms with Crippen molar-refractivity contribution in [1.82, 2.24) is 5.32 Å². The van der Waals surface area contributed by atoms with Gasteiger partial charge in [0.15, 0.2) is 0 Å². The standard InChI is InChI=1S/C20H18Cl2N2O4/c1-2-28-20(27)14-11-24(13-6-4-3-5-7-13)19(26)17(14)23-18(25)12-8-9-15(21)16(22)10-12/h3-10,14,17H,2,11H2,1H3,(H,23,25)/t14-,17-/m1/s1. The molecule has 1 heterocycles. The highest BCUT2D eigenvalue weighted by molar-refractivity contribution is 6.42. The average Bonchev–Trinajstić information content (AvgIpc) is 3.01. The summed E-state index contributed by atoms with van der Waals surface area (Å²) in [6, 6.07) is 12.3. The van der Waals surface area contributed by atoms with Crippen molar-refractivity contribution < 1.29 is 19.1 Å². The number of halogens is 2. The predicted molar refractivity (Wildman–Crippen MR) is 107 cm³/mol. The fourth-order valence-electron chi connectivity index (χ4n) is 3.06. The molecule has 2 aromatic carbocycles. The molecule has 0 radical (unpaired) electrons. The summed E-state index contributed by atoms with van der Waals surface area (Å²) in [6.45, 7) is 1.99. The Kier molecular flexibility index (Phi) is 6.21. The number of para-hydroxylation sites is 1. The van der Waals surface area contributed by atoms with E-state index in [4.69, 9.17) is 27.9 Å². The number of amides is 2. The van der Waals surface area contributed by atoms with Crippen molar-refractivity contribution in [1.29, 1.82) is 0 Å². The van der Waals surface area contributed by atoms with E-state index in [2.05, 4.69) is 5.32 Å². The summed E-state index contributed by atoms with van der Waals surface area (Å²) in [4.78, 5) is 39.5. The Labute approximate surface area is 172 Å². The van der Waals surface area contributed by atoms with Gasteiger partial charge in [0.2, 0.25) is 0 Å². The molecule has 0 saturated carbocycles. The maximum atomic E-state index is 13.0. The van der Waals surface area contributed by atoms with E-state index in [1.54, 1.807) is 31.2 Å². The van der Waals surface area contributed by atoms with Crippen LogP contribution in [-0.2, 0) is 14.3 Å². The average molecular weight is 421 g/mol. The van der Waals surface area contributed by atoms with Gasteiger partial charge in [0.25, 0.3) is 11.8 Å². The zero-order chi connectivity index (χ0) is 20.3. The van der Waals surface area contributed by atoms with Crippen molar-refractivity contribution >= 4 is 46.7 Å². The molecule has 1 aliphatic heterocycles. The van der Waals surface area contributed by atoms with E-state index in [-0.39, 0.29) is 29.6 Å². The lowest BCUT2D eigenvalue weighted by Gasteiger charge is -2.17. The summed E-state index contributed by atoms with van der Waals surface area (Å²) in [7, 11) is 0. The molecule has 2 amide bonds. The van der Waals surface area contributed by atoms with Gasteiger partial charge < -0.3 is 15.0 Å². The Hall–Kier alpha value is -2.57. The molecule has 8 heteroatoms. The molecule has 1 N–H and O–H groups in total. The lowest BCUT2D eigenvalue weighted by Crippen LogP contribution is -2.46. The summed E-state index contributed by atoms with van der Waals surface area (Å²) in [5, 5.41) is 3.18. The van der Waals surface area contributed by atoms with Gasteiger partial charge in [-0.3, -0.25) is 14.4 Å². The third-order valence-corrected chi connectivity index (χ3v) is 5.18. The maximum Gasteiger partial charge on any atom is 0.313 e. The lowest BCUT2D eigenvalue weighted by molar-refractivity contribution is -0.148. The SMILES string of the molecule is CCOC(=O)[C@@H]1CN(c2ccccc2)C(=O)[C@@H]1NC(=O)c1ccc(Cl)c(Cl)c1. The van der Waals surface area contributed by atoms with Gasteiger partial charge in [0, 0.05) is 17.8 Å². The Morgan fingerprint density at radius 3 is 2.50 bits per heavy atom. The van der Waals surface area contributed by atoms with Gasteiger partial charge in [-0.1, -0.05) is 41.4 Å². The van der Waals surface area contributed by atoms with Gasteiger partial charge in [-0.2, -0.15) is 0 Å². The fraction of sp³-hybridized carbons (Fsp3) is 0.250. The molecule has 146 valence electrons. The number of rotatable bonds is 5. The molecular weight excluding hydrogens is 403 g/mol. The van der Waals surface area contributed by atoms with Gasteiger partial charge >= 0.3 is 5.97 Å². The molecule has 1 fully saturated rings. The summed E-state index contributed by atoms with van der Waals surface area (Å²) >= 11 is 11.8. The number of anilines is 1. The quantitative estimate of drug-likeness (QED) is 0.752. The molecule has 1 saturated heterocycles. The highest BCUT2D eigenvalue weighted by atomic mass is 35.5. The number of ether oxygens (including phenoxy) is 1. The summed E-state index contributed by atoms with van der Waals surface area (Å²) in [5.41, 5.74) is 0.885. The van der Waals surface area contributed by atoms with Crippen LogP contribution >= 0.6 is 23.2 Å². The van der Waals surface area contributed by atoms with Crippen molar-refractivity contribution in [2.24, 2.45) is 5.92 Å². The molecule has 2 aromatic rings. The van der Waals surface area contributed by atoms with Gasteiger partial charge in [0.05, 0.1) is 16.7 Å². The van der Waals surface area contributed by atoms with Crippen molar-refractivity contribution in [3.8, 4) is 0 Å². The number of nitrogens with zero attached hydrogens (tertiary/aromatic N) is 1. The number of benzene rings is 2. The van der Waals surface area contributed by atoms with E-state index in [1.165, 1.54) is 23.1 Å². The van der Waals surface area contributed by atoms with Crippen molar-refractivity contribution in [2.75, 3.05) is 18.1 Å². The summed E-state index contributed by atoms with van der Waals surface area (Å²) in [6.07, 6.45) is 0. The molecular formula is C20H18Cl2N2O4. The van der Waals surface area contributed by atoms with Gasteiger partial charge in [-0.05, 0) is 37.3 Å². The molecule has 3 rings (SSSR count). The van der Waals surface area contributed by atoms with Crippen molar-refractivity contribution in [2.45, 2.75) is 13.0 Å².